The summed E-state index contributed by atoms with van der Waals surface area (Å²) in [6.45, 7) is 1.70. The highest BCUT2D eigenvalue weighted by atomic mass is 35.5. The Bertz CT molecular complexity index is 597. The predicted molar refractivity (Wildman–Crippen MR) is 80.2 cm³/mol. The Morgan fingerprint density at radius 1 is 1.45 bits per heavy atom. The quantitative estimate of drug-likeness (QED) is 0.944. The lowest BCUT2D eigenvalue weighted by Crippen LogP contribution is -2.32. The molecule has 0 spiro atoms. The van der Waals surface area contributed by atoms with Crippen LogP contribution in [-0.4, -0.2) is 34.6 Å². The molecular weight excluding hydrogens is 296 g/mol. The topological polar surface area (TPSA) is 53.4 Å². The van der Waals surface area contributed by atoms with Gasteiger partial charge in [-0.3, -0.25) is 4.79 Å². The molecule has 1 amide bonds. The Morgan fingerprint density at radius 2 is 2.10 bits per heavy atom. The second-order valence-electron chi connectivity index (χ2n) is 4.41. The van der Waals surface area contributed by atoms with E-state index in [2.05, 4.69) is 4.98 Å². The molecule has 4 nitrogen and oxygen atoms in total. The predicted octanol–water partition coefficient (Wildman–Crippen LogP) is 2.91. The van der Waals surface area contributed by atoms with Crippen LogP contribution in [0.25, 0.3) is 0 Å². The standard InChI is InChI=1S/C14H15ClN2O2S/c1-9-16-7-13(20-9)14(19)17(2)12(8-18)10-3-5-11(15)6-4-10/h3-7,12,18H,8H2,1-2H3. The van der Waals surface area contributed by atoms with E-state index in [9.17, 15) is 9.90 Å². The SMILES string of the molecule is Cc1ncc(C(=O)N(C)C(CO)c2ccc(Cl)cc2)s1. The number of amides is 1. The highest BCUT2D eigenvalue weighted by Crippen LogP contribution is 2.24. The molecule has 1 unspecified atom stereocenters. The first-order valence-electron chi connectivity index (χ1n) is 6.09. The molecule has 2 aromatic rings. The third-order valence-corrected chi connectivity index (χ3v) is 4.20. The lowest BCUT2D eigenvalue weighted by Gasteiger charge is -2.26. The van der Waals surface area contributed by atoms with Crippen molar-refractivity contribution in [2.75, 3.05) is 13.7 Å². The highest BCUT2D eigenvalue weighted by molar-refractivity contribution is 7.13. The van der Waals surface area contributed by atoms with Crippen LogP contribution in [0, 0.1) is 6.92 Å². The molecule has 1 aromatic heterocycles. The number of likely N-dealkylation sites (N-methyl/N-ethyl adjacent to an activating group) is 1. The first-order chi connectivity index (χ1) is 9.52. The number of aliphatic hydroxyl groups is 1. The second-order valence-corrected chi connectivity index (χ2v) is 6.08. The summed E-state index contributed by atoms with van der Waals surface area (Å²) in [4.78, 5) is 18.5. The summed E-state index contributed by atoms with van der Waals surface area (Å²) in [5, 5.41) is 11.0. The van der Waals surface area contributed by atoms with E-state index in [0.717, 1.165) is 10.6 Å². The molecule has 6 heteroatoms. The summed E-state index contributed by atoms with van der Waals surface area (Å²) < 4.78 is 0. The zero-order valence-electron chi connectivity index (χ0n) is 11.2. The smallest absolute Gasteiger partial charge is 0.265 e. The van der Waals surface area contributed by atoms with Crippen LogP contribution in [0.4, 0.5) is 0 Å². The summed E-state index contributed by atoms with van der Waals surface area (Å²) in [5.41, 5.74) is 0.842. The Morgan fingerprint density at radius 3 is 2.60 bits per heavy atom. The van der Waals surface area contributed by atoms with Crippen molar-refractivity contribution in [3.63, 3.8) is 0 Å². The van der Waals surface area contributed by atoms with Crippen molar-refractivity contribution in [3.8, 4) is 0 Å². The van der Waals surface area contributed by atoms with Gasteiger partial charge in [-0.05, 0) is 24.6 Å². The maximum Gasteiger partial charge on any atom is 0.265 e. The first-order valence-corrected chi connectivity index (χ1v) is 7.28. The second kappa shape index (κ2) is 6.35. The average molecular weight is 311 g/mol. The number of hydrogen-bond donors (Lipinski definition) is 1. The van der Waals surface area contributed by atoms with E-state index in [4.69, 9.17) is 11.6 Å². The number of rotatable bonds is 4. The molecule has 20 heavy (non-hydrogen) atoms. The van der Waals surface area contributed by atoms with E-state index >= 15 is 0 Å². The Kier molecular flexibility index (Phi) is 4.75. The molecule has 0 saturated carbocycles. The number of aromatic nitrogens is 1. The van der Waals surface area contributed by atoms with Crippen LogP contribution in [0.1, 0.15) is 26.3 Å². The molecule has 1 N–H and O–H groups in total. The van der Waals surface area contributed by atoms with Gasteiger partial charge >= 0.3 is 0 Å². The van der Waals surface area contributed by atoms with Crippen molar-refractivity contribution >= 4 is 28.8 Å². The molecule has 1 heterocycles. The van der Waals surface area contributed by atoms with Gasteiger partial charge in [-0.2, -0.15) is 0 Å². The number of halogens is 1. The first kappa shape index (κ1) is 15.0. The van der Waals surface area contributed by atoms with Gasteiger partial charge in [0.2, 0.25) is 0 Å². The van der Waals surface area contributed by atoms with Gasteiger partial charge in [0.25, 0.3) is 5.91 Å². The normalized spacial score (nSPS) is 12.2. The van der Waals surface area contributed by atoms with Crippen LogP contribution >= 0.6 is 22.9 Å². The van der Waals surface area contributed by atoms with Gasteiger partial charge in [-0.15, -0.1) is 11.3 Å². The minimum Gasteiger partial charge on any atom is -0.394 e. The summed E-state index contributed by atoms with van der Waals surface area (Å²) in [7, 11) is 1.67. The van der Waals surface area contributed by atoms with Crippen LogP contribution < -0.4 is 0 Å². The fourth-order valence-electron chi connectivity index (χ4n) is 1.91. The van der Waals surface area contributed by atoms with E-state index in [1.165, 1.54) is 16.2 Å². The van der Waals surface area contributed by atoms with Gasteiger partial charge < -0.3 is 10.0 Å². The van der Waals surface area contributed by atoms with E-state index in [1.807, 2.05) is 19.1 Å². The van der Waals surface area contributed by atoms with Gasteiger partial charge in [0.15, 0.2) is 0 Å². The van der Waals surface area contributed by atoms with E-state index in [-0.39, 0.29) is 12.5 Å². The molecule has 2 rings (SSSR count). The molecule has 0 fully saturated rings. The van der Waals surface area contributed by atoms with Gasteiger partial charge in [0, 0.05) is 12.1 Å². The molecule has 0 aliphatic heterocycles. The number of aliphatic hydroxyl groups excluding tert-OH is 1. The van der Waals surface area contributed by atoms with Crippen LogP contribution in [0.5, 0.6) is 0 Å². The van der Waals surface area contributed by atoms with E-state index in [1.54, 1.807) is 25.4 Å². The Balaban J connectivity index is 2.22. The molecule has 0 aliphatic rings. The monoisotopic (exact) mass is 310 g/mol. The molecule has 1 atom stereocenters. The minimum absolute atomic E-state index is 0.149. The maximum atomic E-state index is 12.4. The number of carbonyl (C=O) groups is 1. The molecule has 1 aromatic carbocycles. The highest BCUT2D eigenvalue weighted by Gasteiger charge is 2.23. The van der Waals surface area contributed by atoms with Crippen LogP contribution in [-0.2, 0) is 0 Å². The fraction of sp³-hybridized carbons (Fsp3) is 0.286. The van der Waals surface area contributed by atoms with Gasteiger partial charge in [0.05, 0.1) is 23.9 Å². The largest absolute Gasteiger partial charge is 0.394 e. The number of aryl methyl sites for hydroxylation is 1. The van der Waals surface area contributed by atoms with Crippen LogP contribution in [0.3, 0.4) is 0 Å². The van der Waals surface area contributed by atoms with Gasteiger partial charge in [-0.1, -0.05) is 23.7 Å². The molecule has 0 aliphatic carbocycles. The third-order valence-electron chi connectivity index (χ3n) is 3.05. The van der Waals surface area contributed by atoms with E-state index < -0.39 is 6.04 Å². The summed E-state index contributed by atoms with van der Waals surface area (Å²) in [5.74, 6) is -0.149. The van der Waals surface area contributed by atoms with Gasteiger partial charge in [0.1, 0.15) is 4.88 Å². The van der Waals surface area contributed by atoms with Crippen LogP contribution in [0.15, 0.2) is 30.5 Å². The number of nitrogens with zero attached hydrogens (tertiary/aromatic N) is 2. The summed E-state index contributed by atoms with van der Waals surface area (Å²) in [6, 6.07) is 6.71. The minimum atomic E-state index is -0.401. The van der Waals surface area contributed by atoms with Gasteiger partial charge in [-0.25, -0.2) is 4.98 Å². The number of carbonyl (C=O) groups excluding carboxylic acids is 1. The van der Waals surface area contributed by atoms with Crippen molar-refractivity contribution in [1.29, 1.82) is 0 Å². The maximum absolute atomic E-state index is 12.4. The third kappa shape index (κ3) is 3.17. The summed E-state index contributed by atoms with van der Waals surface area (Å²) >= 11 is 7.20. The molecule has 0 radical (unpaired) electrons. The lowest BCUT2D eigenvalue weighted by atomic mass is 10.1. The molecule has 0 saturated heterocycles. The molecule has 0 bridgehead atoms. The average Bonchev–Trinajstić information content (AvgIpc) is 2.87. The molecular formula is C14H15ClN2O2S. The van der Waals surface area contributed by atoms with Crippen molar-refractivity contribution in [1.82, 2.24) is 9.88 Å². The van der Waals surface area contributed by atoms with Crippen molar-refractivity contribution in [3.05, 3.63) is 50.9 Å². The zero-order chi connectivity index (χ0) is 14.7. The fourth-order valence-corrected chi connectivity index (χ4v) is 2.80. The Labute approximate surface area is 126 Å². The van der Waals surface area contributed by atoms with Crippen molar-refractivity contribution in [2.24, 2.45) is 0 Å². The Hall–Kier alpha value is -1.43. The lowest BCUT2D eigenvalue weighted by molar-refractivity contribution is 0.0663. The van der Waals surface area contributed by atoms with E-state index in [0.29, 0.717) is 9.90 Å². The zero-order valence-corrected chi connectivity index (χ0v) is 12.8. The van der Waals surface area contributed by atoms with Crippen molar-refractivity contribution in [2.45, 2.75) is 13.0 Å². The summed E-state index contributed by atoms with van der Waals surface area (Å²) in [6.07, 6.45) is 1.56. The van der Waals surface area contributed by atoms with Crippen LogP contribution in [0.2, 0.25) is 5.02 Å². The number of thiazole rings is 1. The molecule has 106 valence electrons. The number of benzene rings is 1. The van der Waals surface area contributed by atoms with Crippen molar-refractivity contribution < 1.29 is 9.90 Å². The number of hydrogen-bond acceptors (Lipinski definition) is 4.